The van der Waals surface area contributed by atoms with Crippen LogP contribution in [-0.4, -0.2) is 25.7 Å². The molecule has 0 saturated carbocycles. The second-order valence-corrected chi connectivity index (χ2v) is 8.07. The van der Waals surface area contributed by atoms with E-state index in [1.54, 1.807) is 14.2 Å². The summed E-state index contributed by atoms with van der Waals surface area (Å²) in [6, 6.07) is 16.7. The Balaban J connectivity index is 2.51. The number of hydrogen-bond donors (Lipinski definition) is 0. The molecule has 4 heteroatoms. The molecule has 24 heavy (non-hydrogen) atoms. The van der Waals surface area contributed by atoms with Gasteiger partial charge in [-0.15, -0.1) is 0 Å². The maximum absolute atomic E-state index is 5.64. The lowest BCUT2D eigenvalue weighted by Gasteiger charge is -2.29. The van der Waals surface area contributed by atoms with E-state index < -0.39 is 0 Å². The van der Waals surface area contributed by atoms with Crippen molar-refractivity contribution in [1.29, 1.82) is 0 Å². The van der Waals surface area contributed by atoms with E-state index in [1.807, 2.05) is 35.7 Å². The predicted octanol–water partition coefficient (Wildman–Crippen LogP) is 5.99. The molecule has 130 valence electrons. The van der Waals surface area contributed by atoms with Crippen LogP contribution in [0, 0.1) is 0 Å². The van der Waals surface area contributed by atoms with E-state index in [0.29, 0.717) is 10.5 Å². The molecule has 0 N–H and O–H groups in total. The molecule has 0 aliphatic carbocycles. The van der Waals surface area contributed by atoms with Crippen LogP contribution >= 0.6 is 23.5 Å². The fourth-order valence-corrected chi connectivity index (χ4v) is 5.42. The summed E-state index contributed by atoms with van der Waals surface area (Å²) in [5, 5.41) is 0.625. The minimum absolute atomic E-state index is 0.312. The van der Waals surface area contributed by atoms with Gasteiger partial charge in [0.05, 0.1) is 14.2 Å². The topological polar surface area (TPSA) is 18.5 Å². The highest BCUT2D eigenvalue weighted by Gasteiger charge is 2.29. The number of para-hydroxylation sites is 2. The van der Waals surface area contributed by atoms with Crippen LogP contribution in [0.2, 0.25) is 0 Å². The van der Waals surface area contributed by atoms with Gasteiger partial charge < -0.3 is 9.47 Å². The molecule has 2 aromatic carbocycles. The summed E-state index contributed by atoms with van der Waals surface area (Å²) in [7, 11) is 3.50. The third-order valence-electron chi connectivity index (χ3n) is 3.86. The van der Waals surface area contributed by atoms with Crippen LogP contribution in [0.4, 0.5) is 0 Å². The summed E-state index contributed by atoms with van der Waals surface area (Å²) in [6.45, 7) is 4.42. The van der Waals surface area contributed by atoms with Gasteiger partial charge in [0.1, 0.15) is 11.5 Å². The molecular weight excluding hydrogens is 336 g/mol. The average molecular weight is 363 g/mol. The Kier molecular flexibility index (Phi) is 7.86. The number of thioether (sulfide) groups is 2. The second kappa shape index (κ2) is 9.90. The molecule has 2 atom stereocenters. The maximum Gasteiger partial charge on any atom is 0.123 e. The van der Waals surface area contributed by atoms with Gasteiger partial charge in [0.2, 0.25) is 0 Å². The van der Waals surface area contributed by atoms with Crippen LogP contribution in [0.15, 0.2) is 48.5 Å². The van der Waals surface area contributed by atoms with Gasteiger partial charge in [-0.25, -0.2) is 0 Å². The summed E-state index contributed by atoms with van der Waals surface area (Å²) in [5.74, 6) is 4.03. The highest BCUT2D eigenvalue weighted by molar-refractivity contribution is 8.03. The van der Waals surface area contributed by atoms with Crippen molar-refractivity contribution in [1.82, 2.24) is 0 Å². The fourth-order valence-electron chi connectivity index (χ4n) is 2.84. The molecule has 0 spiro atoms. The number of methoxy groups -OCH3 is 2. The first-order valence-electron chi connectivity index (χ1n) is 8.25. The molecule has 0 radical (unpaired) electrons. The molecule has 0 fully saturated rings. The normalized spacial score (nSPS) is 13.3. The molecule has 0 heterocycles. The van der Waals surface area contributed by atoms with Gasteiger partial charge in [-0.3, -0.25) is 0 Å². The smallest absolute Gasteiger partial charge is 0.123 e. The maximum atomic E-state index is 5.64. The molecule has 2 aromatic rings. The van der Waals surface area contributed by atoms with Crippen LogP contribution in [0.1, 0.15) is 35.5 Å². The number of rotatable bonds is 9. The molecule has 0 aliphatic rings. The van der Waals surface area contributed by atoms with Crippen molar-refractivity contribution >= 4 is 23.5 Å². The van der Waals surface area contributed by atoms with Crippen molar-refractivity contribution in [3.63, 3.8) is 0 Å². The third-order valence-corrected chi connectivity index (χ3v) is 6.47. The lowest BCUT2D eigenvalue weighted by molar-refractivity contribution is 0.405. The van der Waals surface area contributed by atoms with Crippen LogP contribution in [-0.2, 0) is 0 Å². The van der Waals surface area contributed by atoms with Gasteiger partial charge >= 0.3 is 0 Å². The fraction of sp³-hybridized carbons (Fsp3) is 0.400. The first-order chi connectivity index (χ1) is 11.8. The summed E-state index contributed by atoms with van der Waals surface area (Å²) in [4.78, 5) is 0. The van der Waals surface area contributed by atoms with Crippen molar-refractivity contribution < 1.29 is 9.47 Å². The summed E-state index contributed by atoms with van der Waals surface area (Å²) in [6.07, 6.45) is 0. The Morgan fingerprint density at radius 2 is 1.08 bits per heavy atom. The Bertz CT molecular complexity index is 575. The summed E-state index contributed by atoms with van der Waals surface area (Å²) >= 11 is 3.93. The van der Waals surface area contributed by atoms with E-state index in [4.69, 9.17) is 9.47 Å². The quantitative estimate of drug-likeness (QED) is 0.545. The van der Waals surface area contributed by atoms with E-state index in [9.17, 15) is 0 Å². The van der Waals surface area contributed by atoms with Gasteiger partial charge in [-0.05, 0) is 23.6 Å². The van der Waals surface area contributed by atoms with Crippen molar-refractivity contribution in [2.75, 3.05) is 25.7 Å². The number of ether oxygens (including phenoxy) is 2. The van der Waals surface area contributed by atoms with Crippen molar-refractivity contribution in [2.45, 2.75) is 24.3 Å². The van der Waals surface area contributed by atoms with Crippen LogP contribution in [0.25, 0.3) is 0 Å². The second-order valence-electron chi connectivity index (χ2n) is 5.24. The van der Waals surface area contributed by atoms with E-state index >= 15 is 0 Å². The zero-order valence-electron chi connectivity index (χ0n) is 14.8. The van der Waals surface area contributed by atoms with Crippen LogP contribution < -0.4 is 9.47 Å². The highest BCUT2D eigenvalue weighted by Crippen LogP contribution is 2.52. The monoisotopic (exact) mass is 362 g/mol. The SMILES string of the molecule is CCS[C@H](c1ccccc1OC)[C@H](SCC)c1ccccc1OC. The molecule has 0 aromatic heterocycles. The van der Waals surface area contributed by atoms with Gasteiger partial charge in [-0.2, -0.15) is 23.5 Å². The first kappa shape index (κ1) is 19.1. The Morgan fingerprint density at radius 3 is 1.42 bits per heavy atom. The Labute approximate surface area is 154 Å². The van der Waals surface area contributed by atoms with E-state index in [0.717, 1.165) is 23.0 Å². The molecule has 0 saturated heterocycles. The lowest BCUT2D eigenvalue weighted by Crippen LogP contribution is -2.09. The molecule has 0 bridgehead atoms. The third kappa shape index (κ3) is 4.42. The van der Waals surface area contributed by atoms with Gasteiger partial charge in [0.25, 0.3) is 0 Å². The average Bonchev–Trinajstić information content (AvgIpc) is 2.64. The Hall–Kier alpha value is -1.26. The number of hydrogen-bond acceptors (Lipinski definition) is 4. The van der Waals surface area contributed by atoms with Crippen molar-refractivity contribution in [2.24, 2.45) is 0 Å². The van der Waals surface area contributed by atoms with Crippen molar-refractivity contribution in [3.8, 4) is 11.5 Å². The molecule has 0 aliphatic heterocycles. The molecule has 2 nitrogen and oxygen atoms in total. The van der Waals surface area contributed by atoms with Crippen molar-refractivity contribution in [3.05, 3.63) is 59.7 Å². The molecule has 0 unspecified atom stereocenters. The molecular formula is C20H26O2S2. The van der Waals surface area contributed by atoms with Gasteiger partial charge in [-0.1, -0.05) is 50.2 Å². The zero-order chi connectivity index (χ0) is 17.4. The van der Waals surface area contributed by atoms with E-state index in [1.165, 1.54) is 11.1 Å². The van der Waals surface area contributed by atoms with Gasteiger partial charge in [0.15, 0.2) is 0 Å². The molecule has 2 rings (SSSR count). The summed E-state index contributed by atoms with van der Waals surface area (Å²) < 4.78 is 11.3. The van der Waals surface area contributed by atoms with Crippen LogP contribution in [0.5, 0.6) is 11.5 Å². The van der Waals surface area contributed by atoms with E-state index in [-0.39, 0.29) is 0 Å². The highest BCUT2D eigenvalue weighted by atomic mass is 32.2. The summed E-state index contributed by atoms with van der Waals surface area (Å²) in [5.41, 5.74) is 2.51. The zero-order valence-corrected chi connectivity index (χ0v) is 16.5. The number of benzene rings is 2. The largest absolute Gasteiger partial charge is 0.496 e. The molecule has 0 amide bonds. The Morgan fingerprint density at radius 1 is 0.708 bits per heavy atom. The van der Waals surface area contributed by atoms with Gasteiger partial charge in [0, 0.05) is 21.6 Å². The minimum Gasteiger partial charge on any atom is -0.496 e. The lowest BCUT2D eigenvalue weighted by atomic mass is 10.0. The standard InChI is InChI=1S/C20H26O2S2/c1-5-23-19(15-11-7-9-13-17(15)21-3)20(24-6-2)16-12-8-10-14-18(16)22-4/h7-14,19-20H,5-6H2,1-4H3/t19-,20-/m1/s1. The first-order valence-corrected chi connectivity index (χ1v) is 10.4. The minimum atomic E-state index is 0.312. The predicted molar refractivity (Wildman–Crippen MR) is 108 cm³/mol. The van der Waals surface area contributed by atoms with E-state index in [2.05, 4.69) is 50.2 Å². The van der Waals surface area contributed by atoms with Crippen LogP contribution in [0.3, 0.4) is 0 Å².